The zero-order valence-corrected chi connectivity index (χ0v) is 15.0. The predicted molar refractivity (Wildman–Crippen MR) is 96.6 cm³/mol. The zero-order chi connectivity index (χ0) is 17.5. The highest BCUT2D eigenvalue weighted by Gasteiger charge is 2.27. The fraction of sp³-hybridized carbons (Fsp3) is 0.632. The summed E-state index contributed by atoms with van der Waals surface area (Å²) in [6.07, 6.45) is 2.10. The first-order valence-electron chi connectivity index (χ1n) is 9.20. The molecule has 2 aliphatic rings. The molecule has 2 aliphatic heterocycles. The first kappa shape index (κ1) is 18.2. The third kappa shape index (κ3) is 4.93. The Morgan fingerprint density at radius 2 is 1.88 bits per heavy atom. The van der Waals surface area contributed by atoms with Gasteiger partial charge in [-0.2, -0.15) is 0 Å². The molecule has 0 bridgehead atoms. The third-order valence-electron chi connectivity index (χ3n) is 5.20. The van der Waals surface area contributed by atoms with Gasteiger partial charge in [0, 0.05) is 59.1 Å². The second-order valence-corrected chi connectivity index (χ2v) is 6.69. The van der Waals surface area contributed by atoms with Gasteiger partial charge < -0.3 is 19.7 Å². The van der Waals surface area contributed by atoms with Crippen LogP contribution in [0.1, 0.15) is 24.5 Å². The molecule has 138 valence electrons. The average molecular weight is 347 g/mol. The van der Waals surface area contributed by atoms with Gasteiger partial charge >= 0.3 is 6.03 Å². The van der Waals surface area contributed by atoms with Gasteiger partial charge in [-0.1, -0.05) is 30.3 Å². The quantitative estimate of drug-likeness (QED) is 0.884. The molecule has 1 aromatic carbocycles. The maximum atomic E-state index is 12.5. The topological polar surface area (TPSA) is 54.0 Å². The molecular weight excluding hydrogens is 318 g/mol. The summed E-state index contributed by atoms with van der Waals surface area (Å²) in [6.45, 7) is 5.68. The number of methoxy groups -OCH3 is 1. The van der Waals surface area contributed by atoms with E-state index in [2.05, 4.69) is 10.2 Å². The smallest absolute Gasteiger partial charge is 0.317 e. The number of rotatable bonds is 5. The highest BCUT2D eigenvalue weighted by atomic mass is 16.5. The van der Waals surface area contributed by atoms with E-state index >= 15 is 0 Å². The Balaban J connectivity index is 1.43. The van der Waals surface area contributed by atoms with Crippen LogP contribution in [0.3, 0.4) is 0 Å². The van der Waals surface area contributed by atoms with Crippen LogP contribution < -0.4 is 5.32 Å². The summed E-state index contributed by atoms with van der Waals surface area (Å²) in [5.74, 6) is 0. The number of nitrogens with zero attached hydrogens (tertiary/aromatic N) is 2. The molecule has 1 N–H and O–H groups in total. The van der Waals surface area contributed by atoms with Crippen molar-refractivity contribution in [2.75, 3.05) is 53.0 Å². The summed E-state index contributed by atoms with van der Waals surface area (Å²) in [6, 6.07) is 10.6. The SMILES string of the molecule is COC(CNC(=O)N1CCN(C2CCOCC2)CC1)c1ccccc1. The van der Waals surface area contributed by atoms with Gasteiger partial charge in [0.1, 0.15) is 0 Å². The Morgan fingerprint density at radius 1 is 1.20 bits per heavy atom. The molecule has 0 aromatic heterocycles. The molecule has 25 heavy (non-hydrogen) atoms. The first-order chi connectivity index (χ1) is 12.3. The summed E-state index contributed by atoms with van der Waals surface area (Å²) in [4.78, 5) is 16.9. The fourth-order valence-electron chi connectivity index (χ4n) is 3.64. The van der Waals surface area contributed by atoms with E-state index in [9.17, 15) is 4.79 Å². The first-order valence-corrected chi connectivity index (χ1v) is 9.20. The Hall–Kier alpha value is -1.63. The van der Waals surface area contributed by atoms with Crippen LogP contribution in [-0.4, -0.2) is 74.9 Å². The molecule has 2 saturated heterocycles. The summed E-state index contributed by atoms with van der Waals surface area (Å²) in [7, 11) is 1.68. The minimum atomic E-state index is -0.117. The number of amides is 2. The molecule has 1 atom stereocenters. The lowest BCUT2D eigenvalue weighted by Gasteiger charge is -2.40. The standard InChI is InChI=1S/C19H29N3O3/c1-24-18(16-5-3-2-4-6-16)15-20-19(23)22-11-9-21(10-12-22)17-7-13-25-14-8-17/h2-6,17-18H,7-15H2,1H3,(H,20,23). The largest absolute Gasteiger partial charge is 0.381 e. The number of urea groups is 1. The lowest BCUT2D eigenvalue weighted by atomic mass is 10.1. The molecule has 0 aliphatic carbocycles. The van der Waals surface area contributed by atoms with E-state index in [-0.39, 0.29) is 12.1 Å². The molecule has 2 fully saturated rings. The number of nitrogens with one attached hydrogen (secondary N) is 1. The van der Waals surface area contributed by atoms with E-state index in [1.807, 2.05) is 35.2 Å². The van der Waals surface area contributed by atoms with Crippen LogP contribution in [0, 0.1) is 0 Å². The molecule has 2 heterocycles. The summed E-state index contributed by atoms with van der Waals surface area (Å²) >= 11 is 0. The lowest BCUT2D eigenvalue weighted by molar-refractivity contribution is 0.0184. The van der Waals surface area contributed by atoms with Crippen LogP contribution in [0.5, 0.6) is 0 Å². The molecule has 1 aromatic rings. The van der Waals surface area contributed by atoms with Gasteiger partial charge in [0.2, 0.25) is 0 Å². The van der Waals surface area contributed by atoms with E-state index in [0.717, 1.165) is 57.8 Å². The monoisotopic (exact) mass is 347 g/mol. The minimum Gasteiger partial charge on any atom is -0.381 e. The van der Waals surface area contributed by atoms with Crippen LogP contribution in [0.4, 0.5) is 4.79 Å². The second kappa shape index (κ2) is 9.17. The van der Waals surface area contributed by atoms with E-state index in [1.165, 1.54) is 0 Å². The van der Waals surface area contributed by atoms with Crippen molar-refractivity contribution in [3.8, 4) is 0 Å². The normalized spacial score (nSPS) is 21.1. The molecule has 0 saturated carbocycles. The predicted octanol–water partition coefficient (Wildman–Crippen LogP) is 1.88. The highest BCUT2D eigenvalue weighted by molar-refractivity contribution is 5.74. The van der Waals surface area contributed by atoms with Crippen molar-refractivity contribution in [2.24, 2.45) is 0 Å². The minimum absolute atomic E-state index is 0.00427. The number of carbonyl (C=O) groups excluding carboxylic acids is 1. The molecular formula is C19H29N3O3. The molecule has 2 amide bonds. The number of hydrogen-bond acceptors (Lipinski definition) is 4. The van der Waals surface area contributed by atoms with Crippen molar-refractivity contribution in [3.63, 3.8) is 0 Å². The van der Waals surface area contributed by atoms with Crippen LogP contribution in [0.2, 0.25) is 0 Å². The zero-order valence-electron chi connectivity index (χ0n) is 15.0. The van der Waals surface area contributed by atoms with Gasteiger partial charge in [-0.05, 0) is 18.4 Å². The van der Waals surface area contributed by atoms with Gasteiger partial charge in [0.05, 0.1) is 6.10 Å². The van der Waals surface area contributed by atoms with Crippen molar-refractivity contribution in [1.29, 1.82) is 0 Å². The third-order valence-corrected chi connectivity index (χ3v) is 5.20. The Kier molecular flexibility index (Phi) is 6.67. The van der Waals surface area contributed by atoms with Crippen molar-refractivity contribution < 1.29 is 14.3 Å². The maximum Gasteiger partial charge on any atom is 0.317 e. The molecule has 6 nitrogen and oxygen atoms in total. The maximum absolute atomic E-state index is 12.5. The molecule has 1 unspecified atom stereocenters. The number of hydrogen-bond donors (Lipinski definition) is 1. The summed E-state index contributed by atoms with van der Waals surface area (Å²) < 4.78 is 11.0. The average Bonchev–Trinajstić information content (AvgIpc) is 2.70. The van der Waals surface area contributed by atoms with E-state index in [4.69, 9.17) is 9.47 Å². The summed E-state index contributed by atoms with van der Waals surface area (Å²) in [5, 5.41) is 3.02. The van der Waals surface area contributed by atoms with Crippen molar-refractivity contribution in [2.45, 2.75) is 25.0 Å². The number of carbonyl (C=O) groups is 1. The van der Waals surface area contributed by atoms with Crippen molar-refractivity contribution in [1.82, 2.24) is 15.1 Å². The van der Waals surface area contributed by atoms with E-state index in [0.29, 0.717) is 12.6 Å². The van der Waals surface area contributed by atoms with Gasteiger partial charge in [-0.25, -0.2) is 4.79 Å². The van der Waals surface area contributed by atoms with Crippen LogP contribution >= 0.6 is 0 Å². The van der Waals surface area contributed by atoms with E-state index in [1.54, 1.807) is 7.11 Å². The van der Waals surface area contributed by atoms with Crippen LogP contribution in [0.25, 0.3) is 0 Å². The summed E-state index contributed by atoms with van der Waals surface area (Å²) in [5.41, 5.74) is 1.08. The van der Waals surface area contributed by atoms with Gasteiger partial charge in [0.25, 0.3) is 0 Å². The Bertz CT molecular complexity index is 526. The second-order valence-electron chi connectivity index (χ2n) is 6.69. The van der Waals surface area contributed by atoms with Crippen molar-refractivity contribution in [3.05, 3.63) is 35.9 Å². The number of ether oxygens (including phenoxy) is 2. The lowest BCUT2D eigenvalue weighted by Crippen LogP contribution is -2.55. The highest BCUT2D eigenvalue weighted by Crippen LogP contribution is 2.17. The van der Waals surface area contributed by atoms with Crippen LogP contribution in [0.15, 0.2) is 30.3 Å². The van der Waals surface area contributed by atoms with Crippen molar-refractivity contribution >= 4 is 6.03 Å². The Labute approximate surface area is 150 Å². The molecule has 0 radical (unpaired) electrons. The number of benzene rings is 1. The molecule has 0 spiro atoms. The van der Waals surface area contributed by atoms with Crippen LogP contribution in [-0.2, 0) is 9.47 Å². The fourth-order valence-corrected chi connectivity index (χ4v) is 3.64. The van der Waals surface area contributed by atoms with Gasteiger partial charge in [-0.3, -0.25) is 4.90 Å². The van der Waals surface area contributed by atoms with Gasteiger partial charge in [-0.15, -0.1) is 0 Å². The van der Waals surface area contributed by atoms with Gasteiger partial charge in [0.15, 0.2) is 0 Å². The molecule has 6 heteroatoms. The number of piperazine rings is 1. The molecule has 3 rings (SSSR count). The Morgan fingerprint density at radius 3 is 2.52 bits per heavy atom. The van der Waals surface area contributed by atoms with E-state index < -0.39 is 0 Å².